The summed E-state index contributed by atoms with van der Waals surface area (Å²) in [5, 5.41) is 2.72. The van der Waals surface area contributed by atoms with Crippen LogP contribution in [-0.4, -0.2) is 73.1 Å². The second-order valence-corrected chi connectivity index (χ2v) is 8.08. The van der Waals surface area contributed by atoms with Crippen LogP contribution in [-0.2, 0) is 0 Å². The molecule has 0 atom stereocenters. The predicted octanol–water partition coefficient (Wildman–Crippen LogP) is 3.89. The van der Waals surface area contributed by atoms with Gasteiger partial charge in [0.15, 0.2) is 0 Å². The maximum absolute atomic E-state index is 13.0. The summed E-state index contributed by atoms with van der Waals surface area (Å²) in [7, 11) is 2.02. The monoisotopic (exact) mass is 396 g/mol. The first kappa shape index (κ1) is 20.4. The van der Waals surface area contributed by atoms with Gasteiger partial charge in [-0.3, -0.25) is 0 Å². The number of nitrogens with zero attached hydrogens (tertiary/aromatic N) is 3. The van der Waals surface area contributed by atoms with E-state index >= 15 is 0 Å². The summed E-state index contributed by atoms with van der Waals surface area (Å²) in [5.74, 6) is -0.491. The van der Waals surface area contributed by atoms with Crippen LogP contribution in [0.5, 0.6) is 0 Å². The van der Waals surface area contributed by atoms with E-state index in [2.05, 4.69) is 15.1 Å². The third kappa shape index (κ3) is 6.33. The van der Waals surface area contributed by atoms with E-state index in [4.69, 9.17) is 11.6 Å². The van der Waals surface area contributed by atoms with Crippen molar-refractivity contribution in [1.29, 1.82) is 0 Å². The summed E-state index contributed by atoms with van der Waals surface area (Å²) < 4.78 is 13.0. The second-order valence-electron chi connectivity index (χ2n) is 7.68. The average Bonchev–Trinajstić information content (AvgIpc) is 3.52. The highest BCUT2D eigenvalue weighted by Crippen LogP contribution is 2.28. The minimum atomic E-state index is -0.491. The molecule has 1 saturated carbocycles. The Balaban J connectivity index is 0.000000193. The van der Waals surface area contributed by atoms with Gasteiger partial charge in [-0.15, -0.1) is 0 Å². The van der Waals surface area contributed by atoms with E-state index in [9.17, 15) is 9.18 Å². The number of piperazine rings is 1. The summed E-state index contributed by atoms with van der Waals surface area (Å²) in [4.78, 5) is 18.5. The van der Waals surface area contributed by atoms with Crippen LogP contribution in [0.1, 0.15) is 32.1 Å². The summed E-state index contributed by atoms with van der Waals surface area (Å²) in [6.45, 7) is 5.89. The molecule has 1 aromatic carbocycles. The first-order chi connectivity index (χ1) is 13.0. The molecule has 3 fully saturated rings. The van der Waals surface area contributed by atoms with E-state index in [0.717, 1.165) is 19.1 Å². The quantitative estimate of drug-likeness (QED) is 0.824. The van der Waals surface area contributed by atoms with E-state index in [0.29, 0.717) is 18.8 Å². The van der Waals surface area contributed by atoms with Crippen molar-refractivity contribution in [3.63, 3.8) is 0 Å². The van der Waals surface area contributed by atoms with Gasteiger partial charge in [-0.05, 0) is 64.0 Å². The molecule has 1 aromatic rings. The van der Waals surface area contributed by atoms with Gasteiger partial charge in [-0.2, -0.15) is 0 Å². The van der Waals surface area contributed by atoms with E-state index in [1.54, 1.807) is 4.90 Å². The first-order valence-corrected chi connectivity index (χ1v) is 10.3. The molecule has 0 spiro atoms. The summed E-state index contributed by atoms with van der Waals surface area (Å²) >= 11 is 5.66. The van der Waals surface area contributed by atoms with Crippen LogP contribution < -0.4 is 5.32 Å². The van der Waals surface area contributed by atoms with Crippen molar-refractivity contribution in [2.45, 2.75) is 38.1 Å². The molecule has 0 bridgehead atoms. The number of anilines is 1. The molecule has 2 heterocycles. The minimum absolute atomic E-state index is 0.00572. The lowest BCUT2D eigenvalue weighted by Gasteiger charge is -2.32. The number of nitrogens with one attached hydrogen (secondary N) is 1. The molecule has 0 aromatic heterocycles. The zero-order valence-corrected chi connectivity index (χ0v) is 16.8. The smallest absolute Gasteiger partial charge is 0.321 e. The van der Waals surface area contributed by atoms with Crippen molar-refractivity contribution in [3.8, 4) is 0 Å². The number of hydrogen-bond donors (Lipinski definition) is 1. The maximum atomic E-state index is 13.0. The molecule has 5 nitrogen and oxygen atoms in total. The Morgan fingerprint density at radius 2 is 1.74 bits per heavy atom. The number of carbonyl (C=O) groups is 1. The fraction of sp³-hybridized carbons (Fsp3) is 0.650. The maximum Gasteiger partial charge on any atom is 0.321 e. The van der Waals surface area contributed by atoms with E-state index in [1.165, 1.54) is 63.4 Å². The SMILES string of the molecule is C1CCN(C2CC2)CC1.CN1CCN(C(=O)Nc2ccc(F)c(Cl)c2)CC1. The van der Waals surface area contributed by atoms with Gasteiger partial charge in [0.2, 0.25) is 0 Å². The van der Waals surface area contributed by atoms with Gasteiger partial charge in [0.05, 0.1) is 5.02 Å². The summed E-state index contributed by atoms with van der Waals surface area (Å²) in [6.07, 6.45) is 7.36. The van der Waals surface area contributed by atoms with Crippen molar-refractivity contribution in [1.82, 2.24) is 14.7 Å². The molecule has 7 heteroatoms. The van der Waals surface area contributed by atoms with Crippen molar-refractivity contribution < 1.29 is 9.18 Å². The van der Waals surface area contributed by atoms with Crippen molar-refractivity contribution in [3.05, 3.63) is 29.0 Å². The standard InChI is InChI=1S/C12H15ClFN3O.C8H15N/c1-16-4-6-17(7-5-16)12(18)15-9-2-3-11(14)10(13)8-9;1-2-6-9(7-3-1)8-4-5-8/h2-3,8H,4-7H2,1H3,(H,15,18);8H,1-7H2. The van der Waals surface area contributed by atoms with Crippen molar-refractivity contribution >= 4 is 23.3 Å². The Kier molecular flexibility index (Phi) is 7.33. The number of halogens is 2. The molecule has 2 amide bonds. The lowest BCUT2D eigenvalue weighted by molar-refractivity contribution is 0.164. The number of likely N-dealkylation sites (N-methyl/N-ethyl adjacent to an activating group) is 1. The number of hydrogen-bond acceptors (Lipinski definition) is 3. The third-order valence-electron chi connectivity index (χ3n) is 5.42. The minimum Gasteiger partial charge on any atom is -0.322 e. The van der Waals surface area contributed by atoms with Gasteiger partial charge in [0.1, 0.15) is 5.82 Å². The topological polar surface area (TPSA) is 38.8 Å². The van der Waals surface area contributed by atoms with Crippen molar-refractivity contribution in [2.24, 2.45) is 0 Å². The molecule has 3 aliphatic rings. The van der Waals surface area contributed by atoms with Gasteiger partial charge in [0.25, 0.3) is 0 Å². The van der Waals surface area contributed by atoms with Crippen LogP contribution in [0.3, 0.4) is 0 Å². The molecule has 0 unspecified atom stereocenters. The number of likely N-dealkylation sites (tertiary alicyclic amines) is 1. The Morgan fingerprint density at radius 1 is 1.07 bits per heavy atom. The van der Waals surface area contributed by atoms with Crippen LogP contribution in [0.4, 0.5) is 14.9 Å². The van der Waals surface area contributed by atoms with Crippen LogP contribution in [0.15, 0.2) is 18.2 Å². The molecular weight excluding hydrogens is 367 g/mol. The van der Waals surface area contributed by atoms with E-state index in [-0.39, 0.29) is 11.1 Å². The lowest BCUT2D eigenvalue weighted by Crippen LogP contribution is -2.48. The molecule has 4 rings (SSSR count). The number of benzene rings is 1. The fourth-order valence-electron chi connectivity index (χ4n) is 3.51. The average molecular weight is 397 g/mol. The molecule has 2 saturated heterocycles. The van der Waals surface area contributed by atoms with Crippen molar-refractivity contribution in [2.75, 3.05) is 51.6 Å². The second kappa shape index (κ2) is 9.71. The van der Waals surface area contributed by atoms with E-state index < -0.39 is 5.82 Å². The number of amides is 2. The molecule has 0 radical (unpaired) electrons. The molecule has 2 aliphatic heterocycles. The molecule has 150 valence electrons. The number of rotatable bonds is 2. The summed E-state index contributed by atoms with van der Waals surface area (Å²) in [6, 6.07) is 4.98. The Bertz CT molecular complexity index is 626. The normalized spacial score (nSPS) is 21.4. The number of carbonyl (C=O) groups excluding carboxylic acids is 1. The van der Waals surface area contributed by atoms with E-state index in [1.807, 2.05) is 7.05 Å². The highest BCUT2D eigenvalue weighted by Gasteiger charge is 2.29. The lowest BCUT2D eigenvalue weighted by atomic mass is 10.1. The largest absolute Gasteiger partial charge is 0.322 e. The van der Waals surface area contributed by atoms with Crippen LogP contribution >= 0.6 is 11.6 Å². The fourth-order valence-corrected chi connectivity index (χ4v) is 3.69. The zero-order chi connectivity index (χ0) is 19.2. The Morgan fingerprint density at radius 3 is 2.33 bits per heavy atom. The van der Waals surface area contributed by atoms with Gasteiger partial charge >= 0.3 is 6.03 Å². The van der Waals surface area contributed by atoms with Gasteiger partial charge in [0, 0.05) is 37.9 Å². The van der Waals surface area contributed by atoms with Crippen LogP contribution in [0.25, 0.3) is 0 Å². The molecular formula is C20H30ClFN4O. The summed E-state index contributed by atoms with van der Waals surface area (Å²) in [5.41, 5.74) is 0.505. The predicted molar refractivity (Wildman–Crippen MR) is 108 cm³/mol. The zero-order valence-electron chi connectivity index (χ0n) is 16.1. The third-order valence-corrected chi connectivity index (χ3v) is 5.70. The van der Waals surface area contributed by atoms with Crippen LogP contribution in [0, 0.1) is 5.82 Å². The first-order valence-electron chi connectivity index (χ1n) is 9.96. The molecule has 27 heavy (non-hydrogen) atoms. The van der Waals surface area contributed by atoms with Crippen LogP contribution in [0.2, 0.25) is 5.02 Å². The highest BCUT2D eigenvalue weighted by molar-refractivity contribution is 6.31. The Hall–Kier alpha value is -1.37. The number of urea groups is 1. The van der Waals surface area contributed by atoms with Gasteiger partial charge in [-0.25, -0.2) is 9.18 Å². The Labute approximate surface area is 166 Å². The molecule has 1 aliphatic carbocycles. The van der Waals surface area contributed by atoms with Gasteiger partial charge < -0.3 is 20.0 Å². The van der Waals surface area contributed by atoms with Gasteiger partial charge in [-0.1, -0.05) is 18.0 Å². The molecule has 1 N–H and O–H groups in total. The number of piperidine rings is 1. The highest BCUT2D eigenvalue weighted by atomic mass is 35.5.